The number of aryl methyl sites for hydroxylation is 1. The number of hydrogen-bond acceptors (Lipinski definition) is 7. The maximum Gasteiger partial charge on any atom is 0.269 e. The third-order valence-electron chi connectivity index (χ3n) is 10.9. The van der Waals surface area contributed by atoms with Gasteiger partial charge in [-0.05, 0) is 71.5 Å². The zero-order valence-corrected chi connectivity index (χ0v) is 31.1. The molecular weight excluding hydrogens is 719 g/mol. The number of amides is 4. The summed E-state index contributed by atoms with van der Waals surface area (Å²) >= 11 is 0. The van der Waals surface area contributed by atoms with Crippen LogP contribution in [0.2, 0.25) is 0 Å². The van der Waals surface area contributed by atoms with Crippen LogP contribution in [0.3, 0.4) is 0 Å². The average Bonchev–Trinajstić information content (AvgIpc) is 3.87. The second-order valence-electron chi connectivity index (χ2n) is 14.8. The molecule has 3 N–H and O–H groups in total. The number of rotatable bonds is 10. The number of fused-ring (bicyclic) bond motifs is 1. The maximum atomic E-state index is 16.5. The molecule has 2 saturated heterocycles. The predicted octanol–water partition coefficient (Wildman–Crippen LogP) is 5.54. The maximum absolute atomic E-state index is 16.5. The molecule has 0 saturated carbocycles. The van der Waals surface area contributed by atoms with Crippen LogP contribution in [0, 0.1) is 11.6 Å². The van der Waals surface area contributed by atoms with Crippen molar-refractivity contribution >= 4 is 51.5 Å². The molecule has 5 aromatic rings. The number of H-pyrrole nitrogens is 1. The summed E-state index contributed by atoms with van der Waals surface area (Å²) in [6.45, 7) is 2.49. The standard InChI is InChI=1S/C42H42F2N8O4/c1-49(2)42(56)35-21-32-30(20-31(39(44)40(32)47-35)27-5-3-16-50(22-27)38(54)14-18-52-17-4-15-45-52)26-8-6-25(7-9-26)28-23-51(24-28)36-12-10-29(19-33(36)43)46-34-11-13-37(53)48-41(34)55/h4-10,12,15,17,19-21,28,34,46-47H,3,11,13-14,16,18,22-24H2,1-2H3,(H,48,53,55). The molecule has 288 valence electrons. The molecule has 3 aliphatic heterocycles. The van der Waals surface area contributed by atoms with E-state index in [9.17, 15) is 19.2 Å². The van der Waals surface area contributed by atoms with Crippen molar-refractivity contribution in [3.63, 3.8) is 0 Å². The van der Waals surface area contributed by atoms with Crippen molar-refractivity contribution in [1.82, 2.24) is 29.9 Å². The molecule has 8 rings (SSSR count). The van der Waals surface area contributed by atoms with Gasteiger partial charge in [0.2, 0.25) is 17.7 Å². The van der Waals surface area contributed by atoms with Gasteiger partial charge in [0.05, 0.1) is 11.2 Å². The fraction of sp³-hybridized carbons (Fsp3) is 0.310. The number of halogens is 2. The van der Waals surface area contributed by atoms with Crippen LogP contribution in [0.25, 0.3) is 27.6 Å². The van der Waals surface area contributed by atoms with Crippen molar-refractivity contribution < 1.29 is 28.0 Å². The molecule has 2 aromatic heterocycles. The molecule has 0 bridgehead atoms. The van der Waals surface area contributed by atoms with Crippen LogP contribution in [0.1, 0.15) is 53.2 Å². The fourth-order valence-electron chi connectivity index (χ4n) is 7.75. The Hall–Kier alpha value is -6.31. The molecule has 1 unspecified atom stereocenters. The molecule has 56 heavy (non-hydrogen) atoms. The Bertz CT molecular complexity index is 2360. The first-order valence-corrected chi connectivity index (χ1v) is 18.8. The van der Waals surface area contributed by atoms with E-state index in [1.54, 1.807) is 48.1 Å². The Balaban J connectivity index is 1.00. The van der Waals surface area contributed by atoms with Gasteiger partial charge in [-0.3, -0.25) is 29.2 Å². The van der Waals surface area contributed by atoms with Crippen molar-refractivity contribution in [2.45, 2.75) is 44.2 Å². The highest BCUT2D eigenvalue weighted by Crippen LogP contribution is 2.39. The Morgan fingerprint density at radius 1 is 1.02 bits per heavy atom. The number of aromatic nitrogens is 3. The average molecular weight is 761 g/mol. The van der Waals surface area contributed by atoms with E-state index in [4.69, 9.17) is 0 Å². The number of benzene rings is 3. The van der Waals surface area contributed by atoms with E-state index in [1.807, 2.05) is 53.6 Å². The van der Waals surface area contributed by atoms with E-state index in [0.717, 1.165) is 16.7 Å². The van der Waals surface area contributed by atoms with Crippen molar-refractivity contribution in [2.75, 3.05) is 50.5 Å². The molecule has 0 aliphatic carbocycles. The molecule has 1 atom stereocenters. The van der Waals surface area contributed by atoms with Gasteiger partial charge in [0.1, 0.15) is 17.6 Å². The van der Waals surface area contributed by atoms with Crippen LogP contribution >= 0.6 is 0 Å². The molecule has 2 fully saturated rings. The van der Waals surface area contributed by atoms with Gasteiger partial charge in [0.25, 0.3) is 5.91 Å². The number of aromatic amines is 1. The van der Waals surface area contributed by atoms with Crippen LogP contribution in [0.5, 0.6) is 0 Å². The van der Waals surface area contributed by atoms with Gasteiger partial charge >= 0.3 is 0 Å². The zero-order chi connectivity index (χ0) is 39.1. The number of carbonyl (C=O) groups is 4. The van der Waals surface area contributed by atoms with E-state index in [1.165, 1.54) is 11.0 Å². The molecule has 0 spiro atoms. The lowest BCUT2D eigenvalue weighted by molar-refractivity contribution is -0.134. The SMILES string of the molecule is CN(C)C(=O)c1cc2c(-c3ccc(C4CN(c5ccc(NC6CCC(=O)NC6=O)cc5F)C4)cc3)cc(C3=CCCN(C(=O)CCn4cccn4)C3)c(F)c2[nH]1. The Morgan fingerprint density at radius 2 is 1.82 bits per heavy atom. The summed E-state index contributed by atoms with van der Waals surface area (Å²) < 4.78 is 33.5. The summed E-state index contributed by atoms with van der Waals surface area (Å²) in [6.07, 6.45) is 6.92. The van der Waals surface area contributed by atoms with Gasteiger partial charge in [0.15, 0.2) is 5.82 Å². The zero-order valence-electron chi connectivity index (χ0n) is 31.1. The van der Waals surface area contributed by atoms with Gasteiger partial charge in [-0.1, -0.05) is 30.3 Å². The van der Waals surface area contributed by atoms with E-state index in [0.29, 0.717) is 66.9 Å². The topological polar surface area (TPSA) is 136 Å². The second kappa shape index (κ2) is 15.1. The lowest BCUT2D eigenvalue weighted by Gasteiger charge is -2.41. The van der Waals surface area contributed by atoms with Crippen LogP contribution in [0.4, 0.5) is 20.2 Å². The smallest absolute Gasteiger partial charge is 0.269 e. The normalized spacial score (nSPS) is 17.4. The number of carbonyl (C=O) groups excluding carboxylic acids is 4. The van der Waals surface area contributed by atoms with Crippen LogP contribution in [-0.4, -0.2) is 94.5 Å². The number of imide groups is 1. The van der Waals surface area contributed by atoms with E-state index in [-0.39, 0.29) is 54.2 Å². The Labute approximate surface area is 322 Å². The molecule has 3 aliphatic rings. The van der Waals surface area contributed by atoms with Crippen molar-refractivity contribution in [3.05, 3.63) is 108 Å². The third kappa shape index (κ3) is 7.26. The first-order chi connectivity index (χ1) is 27.0. The lowest BCUT2D eigenvalue weighted by atomic mass is 9.88. The van der Waals surface area contributed by atoms with Gasteiger partial charge < -0.3 is 25.0 Å². The minimum absolute atomic E-state index is 0.0294. The lowest BCUT2D eigenvalue weighted by Crippen LogP contribution is -2.47. The third-order valence-corrected chi connectivity index (χ3v) is 10.9. The van der Waals surface area contributed by atoms with Gasteiger partial charge in [-0.25, -0.2) is 8.78 Å². The fourth-order valence-corrected chi connectivity index (χ4v) is 7.75. The van der Waals surface area contributed by atoms with E-state index in [2.05, 4.69) is 20.7 Å². The van der Waals surface area contributed by atoms with Gasteiger partial charge in [-0.2, -0.15) is 5.10 Å². The van der Waals surface area contributed by atoms with Crippen molar-refractivity contribution in [3.8, 4) is 11.1 Å². The molecule has 0 radical (unpaired) electrons. The highest BCUT2D eigenvalue weighted by atomic mass is 19.1. The number of nitrogens with one attached hydrogen (secondary N) is 3. The quantitative estimate of drug-likeness (QED) is 0.159. The molecule has 12 nitrogen and oxygen atoms in total. The van der Waals surface area contributed by atoms with E-state index >= 15 is 8.78 Å². The van der Waals surface area contributed by atoms with Crippen LogP contribution in [0.15, 0.2) is 79.1 Å². The largest absolute Gasteiger partial charge is 0.374 e. The summed E-state index contributed by atoms with van der Waals surface area (Å²) in [4.78, 5) is 58.0. The minimum atomic E-state index is -0.596. The number of anilines is 2. The predicted molar refractivity (Wildman–Crippen MR) is 209 cm³/mol. The summed E-state index contributed by atoms with van der Waals surface area (Å²) in [5.41, 5.74) is 5.20. The Morgan fingerprint density at radius 3 is 2.54 bits per heavy atom. The van der Waals surface area contributed by atoms with Crippen molar-refractivity contribution in [1.29, 1.82) is 0 Å². The van der Waals surface area contributed by atoms with Crippen molar-refractivity contribution in [2.24, 2.45) is 0 Å². The van der Waals surface area contributed by atoms with Gasteiger partial charge in [-0.15, -0.1) is 0 Å². The molecule has 4 amide bonds. The number of piperidine rings is 1. The van der Waals surface area contributed by atoms with Gasteiger partial charge in [0, 0.05) is 94.6 Å². The molecule has 14 heteroatoms. The van der Waals surface area contributed by atoms with Crippen LogP contribution < -0.4 is 15.5 Å². The molecule has 5 heterocycles. The van der Waals surface area contributed by atoms with E-state index < -0.39 is 23.6 Å². The minimum Gasteiger partial charge on any atom is -0.374 e. The molecular formula is C42H42F2N8O4. The monoisotopic (exact) mass is 760 g/mol. The number of hydrogen-bond donors (Lipinski definition) is 3. The first-order valence-electron chi connectivity index (χ1n) is 18.8. The Kier molecular flexibility index (Phi) is 9.87. The highest BCUT2D eigenvalue weighted by Gasteiger charge is 2.31. The van der Waals surface area contributed by atoms with Crippen LogP contribution in [-0.2, 0) is 20.9 Å². The summed E-state index contributed by atoms with van der Waals surface area (Å²) in [7, 11) is 3.29. The summed E-state index contributed by atoms with van der Waals surface area (Å²) in [5, 5.41) is 10.1. The summed E-state index contributed by atoms with van der Waals surface area (Å²) in [5.74, 6) is -1.74. The highest BCUT2D eigenvalue weighted by molar-refractivity contribution is 6.05. The number of nitrogens with zero attached hydrogens (tertiary/aromatic N) is 5. The summed E-state index contributed by atoms with van der Waals surface area (Å²) in [6, 6.07) is 17.6. The first kappa shape index (κ1) is 36.7. The molecule has 3 aromatic carbocycles. The second-order valence-corrected chi connectivity index (χ2v) is 14.8.